The van der Waals surface area contributed by atoms with E-state index in [1.807, 2.05) is 10.2 Å². The Balaban J connectivity index is 1.67. The van der Waals surface area contributed by atoms with Crippen LogP contribution in [-0.4, -0.2) is 42.5 Å². The average Bonchev–Trinajstić information content (AvgIpc) is 2.97. The van der Waals surface area contributed by atoms with Gasteiger partial charge in [0.05, 0.1) is 0 Å². The molecule has 1 saturated heterocycles. The second-order valence-electron chi connectivity index (χ2n) is 6.39. The summed E-state index contributed by atoms with van der Waals surface area (Å²) in [5.41, 5.74) is 0. The van der Waals surface area contributed by atoms with Crippen molar-refractivity contribution < 1.29 is 22.8 Å². The molecule has 0 aromatic heterocycles. The number of likely N-dealkylation sites (tertiary alicyclic amines) is 1. The smallest absolute Gasteiger partial charge is 0.348 e. The van der Waals surface area contributed by atoms with Gasteiger partial charge in [0.2, 0.25) is 5.91 Å². The fraction of sp³-hybridized carbons (Fsp3) is 0.867. The fourth-order valence-electron chi connectivity index (χ4n) is 3.31. The normalized spacial score (nSPS) is 21.1. The fourth-order valence-corrected chi connectivity index (χ4v) is 3.31. The molecule has 2 amide bonds. The number of alkyl halides is 3. The average molecular weight is 320 g/mol. The van der Waals surface area contributed by atoms with Crippen LogP contribution >= 0.6 is 0 Å². The number of hydrogen-bond donors (Lipinski definition) is 1. The minimum absolute atomic E-state index is 0.0156. The molecule has 1 saturated carbocycles. The van der Waals surface area contributed by atoms with Gasteiger partial charge in [0, 0.05) is 26.1 Å². The first kappa shape index (κ1) is 17.1. The Bertz CT molecular complexity index is 398. The molecular formula is C15H23F3N2O2. The third-order valence-electron chi connectivity index (χ3n) is 4.71. The number of carbonyl (C=O) groups excluding carboxylic acids is 2. The number of piperidine rings is 1. The van der Waals surface area contributed by atoms with Crippen LogP contribution in [0.3, 0.4) is 0 Å². The maximum absolute atomic E-state index is 12.2. The lowest BCUT2D eigenvalue weighted by atomic mass is 9.95. The molecule has 0 aromatic rings. The van der Waals surface area contributed by atoms with Crippen LogP contribution in [0.1, 0.15) is 44.9 Å². The number of rotatable bonds is 4. The molecule has 0 aromatic carbocycles. The molecule has 22 heavy (non-hydrogen) atoms. The number of amides is 2. The van der Waals surface area contributed by atoms with Crippen molar-refractivity contribution in [1.82, 2.24) is 10.2 Å². The molecule has 4 nitrogen and oxygen atoms in total. The first-order valence-corrected chi connectivity index (χ1v) is 7.99. The third-order valence-corrected chi connectivity index (χ3v) is 4.71. The molecule has 1 aliphatic heterocycles. The van der Waals surface area contributed by atoms with E-state index in [2.05, 4.69) is 0 Å². The summed E-state index contributed by atoms with van der Waals surface area (Å²) >= 11 is 0. The van der Waals surface area contributed by atoms with Gasteiger partial charge in [-0.2, -0.15) is 13.2 Å². The molecule has 0 radical (unpaired) electrons. The van der Waals surface area contributed by atoms with Crippen molar-refractivity contribution in [2.75, 3.05) is 19.6 Å². The van der Waals surface area contributed by atoms with Crippen LogP contribution in [0.2, 0.25) is 0 Å². The molecule has 2 aliphatic rings. The van der Waals surface area contributed by atoms with Crippen LogP contribution in [0.15, 0.2) is 0 Å². The number of halogens is 3. The van der Waals surface area contributed by atoms with Gasteiger partial charge >= 0.3 is 12.1 Å². The Labute approximate surface area is 128 Å². The Hall–Kier alpha value is -1.27. The SMILES string of the molecule is O=C(CC1CCCC1)N1CCC(CNC(=O)C(F)(F)F)CC1. The van der Waals surface area contributed by atoms with Gasteiger partial charge in [0.15, 0.2) is 0 Å². The molecule has 0 spiro atoms. The lowest BCUT2D eigenvalue weighted by Gasteiger charge is -2.32. The van der Waals surface area contributed by atoms with E-state index in [0.717, 1.165) is 12.8 Å². The van der Waals surface area contributed by atoms with Crippen molar-refractivity contribution in [3.8, 4) is 0 Å². The van der Waals surface area contributed by atoms with E-state index in [0.29, 0.717) is 38.3 Å². The van der Waals surface area contributed by atoms with E-state index in [4.69, 9.17) is 0 Å². The van der Waals surface area contributed by atoms with Crippen molar-refractivity contribution in [3.05, 3.63) is 0 Å². The predicted octanol–water partition coefficient (Wildman–Crippen LogP) is 2.48. The highest BCUT2D eigenvalue weighted by Crippen LogP contribution is 2.29. The van der Waals surface area contributed by atoms with Gasteiger partial charge < -0.3 is 10.2 Å². The molecule has 1 heterocycles. The van der Waals surface area contributed by atoms with E-state index in [1.165, 1.54) is 12.8 Å². The van der Waals surface area contributed by atoms with Crippen LogP contribution in [0.4, 0.5) is 13.2 Å². The van der Waals surface area contributed by atoms with Gasteiger partial charge in [-0.05, 0) is 37.5 Å². The van der Waals surface area contributed by atoms with Gasteiger partial charge in [0.1, 0.15) is 0 Å². The maximum Gasteiger partial charge on any atom is 0.471 e. The molecule has 2 fully saturated rings. The Kier molecular flexibility index (Phi) is 5.69. The van der Waals surface area contributed by atoms with E-state index in [-0.39, 0.29) is 18.4 Å². The summed E-state index contributed by atoms with van der Waals surface area (Å²) in [6, 6.07) is 0. The summed E-state index contributed by atoms with van der Waals surface area (Å²) in [4.78, 5) is 24.8. The van der Waals surface area contributed by atoms with Gasteiger partial charge in [-0.15, -0.1) is 0 Å². The summed E-state index contributed by atoms with van der Waals surface area (Å²) in [5.74, 6) is -1.19. The number of carbonyl (C=O) groups is 2. The van der Waals surface area contributed by atoms with Crippen molar-refractivity contribution in [1.29, 1.82) is 0 Å². The summed E-state index contributed by atoms with van der Waals surface area (Å²) in [7, 11) is 0. The van der Waals surface area contributed by atoms with Gasteiger partial charge in [-0.25, -0.2) is 0 Å². The molecule has 7 heteroatoms. The van der Waals surface area contributed by atoms with E-state index in [1.54, 1.807) is 0 Å². The molecule has 1 N–H and O–H groups in total. The monoisotopic (exact) mass is 320 g/mol. The Morgan fingerprint density at radius 3 is 2.14 bits per heavy atom. The Morgan fingerprint density at radius 1 is 1.00 bits per heavy atom. The molecule has 0 unspecified atom stereocenters. The number of nitrogens with one attached hydrogen (secondary N) is 1. The predicted molar refractivity (Wildman–Crippen MR) is 74.9 cm³/mol. The summed E-state index contributed by atoms with van der Waals surface area (Å²) in [6.45, 7) is 1.19. The van der Waals surface area contributed by atoms with Gasteiger partial charge in [-0.3, -0.25) is 9.59 Å². The van der Waals surface area contributed by atoms with Crippen LogP contribution in [0.25, 0.3) is 0 Å². The van der Waals surface area contributed by atoms with Crippen molar-refractivity contribution >= 4 is 11.8 Å². The largest absolute Gasteiger partial charge is 0.471 e. The summed E-state index contributed by atoms with van der Waals surface area (Å²) in [6.07, 6.45) is 1.76. The lowest BCUT2D eigenvalue weighted by molar-refractivity contribution is -0.173. The lowest BCUT2D eigenvalue weighted by Crippen LogP contribution is -2.44. The third kappa shape index (κ3) is 4.88. The quantitative estimate of drug-likeness (QED) is 0.865. The zero-order valence-electron chi connectivity index (χ0n) is 12.6. The second kappa shape index (κ2) is 7.33. The van der Waals surface area contributed by atoms with E-state index in [9.17, 15) is 22.8 Å². The van der Waals surface area contributed by atoms with Gasteiger partial charge in [-0.1, -0.05) is 12.8 Å². The zero-order valence-corrected chi connectivity index (χ0v) is 12.6. The molecule has 1 aliphatic carbocycles. The Morgan fingerprint density at radius 2 is 1.59 bits per heavy atom. The minimum atomic E-state index is -4.82. The van der Waals surface area contributed by atoms with E-state index >= 15 is 0 Å². The maximum atomic E-state index is 12.2. The molecular weight excluding hydrogens is 297 g/mol. The molecule has 2 rings (SSSR count). The highest BCUT2D eigenvalue weighted by molar-refractivity contribution is 5.81. The first-order valence-electron chi connectivity index (χ1n) is 7.99. The first-order chi connectivity index (χ1) is 10.4. The molecule has 126 valence electrons. The van der Waals surface area contributed by atoms with Gasteiger partial charge in [0.25, 0.3) is 0 Å². The van der Waals surface area contributed by atoms with E-state index < -0.39 is 12.1 Å². The van der Waals surface area contributed by atoms with Crippen LogP contribution in [-0.2, 0) is 9.59 Å². The number of nitrogens with zero attached hydrogens (tertiary/aromatic N) is 1. The zero-order chi connectivity index (χ0) is 16.2. The molecule has 0 bridgehead atoms. The topological polar surface area (TPSA) is 49.4 Å². The summed E-state index contributed by atoms with van der Waals surface area (Å²) in [5, 5.41) is 1.93. The highest BCUT2D eigenvalue weighted by atomic mass is 19.4. The minimum Gasteiger partial charge on any atom is -0.348 e. The second-order valence-corrected chi connectivity index (χ2v) is 6.39. The highest BCUT2D eigenvalue weighted by Gasteiger charge is 2.38. The van der Waals surface area contributed by atoms with Crippen LogP contribution < -0.4 is 5.32 Å². The van der Waals surface area contributed by atoms with Crippen LogP contribution in [0.5, 0.6) is 0 Å². The van der Waals surface area contributed by atoms with Crippen molar-refractivity contribution in [3.63, 3.8) is 0 Å². The molecule has 0 atom stereocenters. The van der Waals surface area contributed by atoms with Crippen LogP contribution in [0, 0.1) is 11.8 Å². The standard InChI is InChI=1S/C15H23F3N2O2/c16-15(17,18)14(22)19-10-12-5-7-20(8-6-12)13(21)9-11-3-1-2-4-11/h11-12H,1-10H2,(H,19,22). The van der Waals surface area contributed by atoms with Crippen molar-refractivity contribution in [2.45, 2.75) is 51.1 Å². The number of hydrogen-bond acceptors (Lipinski definition) is 2. The summed E-state index contributed by atoms with van der Waals surface area (Å²) < 4.78 is 36.3. The van der Waals surface area contributed by atoms with Crippen molar-refractivity contribution in [2.24, 2.45) is 11.8 Å².